The van der Waals surface area contributed by atoms with E-state index in [0.29, 0.717) is 22.4 Å². The van der Waals surface area contributed by atoms with Crippen LogP contribution in [0.5, 0.6) is 5.75 Å². The van der Waals surface area contributed by atoms with Gasteiger partial charge in [0.15, 0.2) is 0 Å². The van der Waals surface area contributed by atoms with Gasteiger partial charge in [-0.3, -0.25) is 9.59 Å². The molecular formula is C20H19F3N2O3. The van der Waals surface area contributed by atoms with Crippen LogP contribution in [-0.4, -0.2) is 18.9 Å². The molecule has 0 saturated heterocycles. The molecule has 0 bridgehead atoms. The molecule has 0 heterocycles. The minimum atomic E-state index is -4.44. The van der Waals surface area contributed by atoms with E-state index in [4.69, 9.17) is 4.74 Å². The zero-order valence-corrected chi connectivity index (χ0v) is 15.1. The Hall–Kier alpha value is -3.29. The zero-order valence-electron chi connectivity index (χ0n) is 15.1. The number of hydrogen-bond donors (Lipinski definition) is 2. The van der Waals surface area contributed by atoms with Crippen molar-refractivity contribution in [2.24, 2.45) is 0 Å². The molecule has 0 spiro atoms. The summed E-state index contributed by atoms with van der Waals surface area (Å²) in [7, 11) is 1.49. The second-order valence-corrected chi connectivity index (χ2v) is 5.81. The maximum Gasteiger partial charge on any atom is 0.416 e. The maximum atomic E-state index is 12.8. The molecule has 2 aromatic rings. The number of nitrogens with one attached hydrogen (secondary N) is 2. The van der Waals surface area contributed by atoms with E-state index in [9.17, 15) is 22.8 Å². The van der Waals surface area contributed by atoms with Crippen LogP contribution in [0.1, 0.15) is 27.0 Å². The Bertz CT molecular complexity index is 879. The quantitative estimate of drug-likeness (QED) is 0.710. The van der Waals surface area contributed by atoms with Crippen LogP contribution in [0.3, 0.4) is 0 Å². The first-order valence-corrected chi connectivity index (χ1v) is 8.28. The summed E-state index contributed by atoms with van der Waals surface area (Å²) >= 11 is 0. The molecule has 2 N–H and O–H groups in total. The standard InChI is InChI=1S/C20H19F3N2O3/c1-3-18(26)25-11-15-10-14(19(27)24-2)7-8-17(15)28-12-13-5-4-6-16(9-13)20(21,22)23/h3-10H,1,11-12H2,2H3,(H,24,27)(H,25,26). The third-order valence-corrected chi connectivity index (χ3v) is 3.84. The zero-order chi connectivity index (χ0) is 20.7. The molecule has 2 aromatic carbocycles. The number of carbonyl (C=O) groups is 2. The number of ether oxygens (including phenoxy) is 1. The van der Waals surface area contributed by atoms with Crippen molar-refractivity contribution in [2.75, 3.05) is 7.05 Å². The van der Waals surface area contributed by atoms with Crippen LogP contribution in [0.15, 0.2) is 55.1 Å². The topological polar surface area (TPSA) is 67.4 Å². The van der Waals surface area contributed by atoms with Gasteiger partial charge < -0.3 is 15.4 Å². The van der Waals surface area contributed by atoms with E-state index < -0.39 is 17.6 Å². The van der Waals surface area contributed by atoms with E-state index in [1.54, 1.807) is 6.07 Å². The van der Waals surface area contributed by atoms with Crippen LogP contribution in [0.25, 0.3) is 0 Å². The molecule has 0 aromatic heterocycles. The normalized spacial score (nSPS) is 10.9. The highest BCUT2D eigenvalue weighted by Gasteiger charge is 2.30. The van der Waals surface area contributed by atoms with Crippen LogP contribution >= 0.6 is 0 Å². The summed E-state index contributed by atoms with van der Waals surface area (Å²) < 4.78 is 44.1. The SMILES string of the molecule is C=CC(=O)NCc1cc(C(=O)NC)ccc1OCc1cccc(C(F)(F)F)c1. The third kappa shape index (κ3) is 5.60. The van der Waals surface area contributed by atoms with E-state index in [0.717, 1.165) is 18.2 Å². The molecule has 0 saturated carbocycles. The van der Waals surface area contributed by atoms with E-state index in [1.807, 2.05) is 0 Å². The lowest BCUT2D eigenvalue weighted by atomic mass is 10.1. The van der Waals surface area contributed by atoms with Crippen LogP contribution in [0.2, 0.25) is 0 Å². The van der Waals surface area contributed by atoms with Gasteiger partial charge in [-0.2, -0.15) is 13.2 Å². The Kier molecular flexibility index (Phi) is 6.81. The average Bonchev–Trinajstić information content (AvgIpc) is 2.69. The van der Waals surface area contributed by atoms with Gasteiger partial charge in [-0.1, -0.05) is 18.7 Å². The summed E-state index contributed by atoms with van der Waals surface area (Å²) in [5.41, 5.74) is 0.438. The molecule has 148 valence electrons. The lowest BCUT2D eigenvalue weighted by molar-refractivity contribution is -0.137. The lowest BCUT2D eigenvalue weighted by Crippen LogP contribution is -2.22. The van der Waals surface area contributed by atoms with Crippen molar-refractivity contribution < 1.29 is 27.5 Å². The van der Waals surface area contributed by atoms with Crippen LogP contribution in [0, 0.1) is 0 Å². The van der Waals surface area contributed by atoms with E-state index >= 15 is 0 Å². The number of hydrogen-bond acceptors (Lipinski definition) is 3. The smallest absolute Gasteiger partial charge is 0.416 e. The molecule has 0 aliphatic carbocycles. The number of amides is 2. The summed E-state index contributed by atoms with van der Waals surface area (Å²) in [6.45, 7) is 3.32. The van der Waals surface area contributed by atoms with Crippen molar-refractivity contribution in [2.45, 2.75) is 19.3 Å². The van der Waals surface area contributed by atoms with Gasteiger partial charge in [-0.25, -0.2) is 0 Å². The van der Waals surface area contributed by atoms with Gasteiger partial charge in [0.1, 0.15) is 12.4 Å². The van der Waals surface area contributed by atoms with Crippen molar-refractivity contribution in [3.63, 3.8) is 0 Å². The number of benzene rings is 2. The fraction of sp³-hybridized carbons (Fsp3) is 0.200. The average molecular weight is 392 g/mol. The molecule has 28 heavy (non-hydrogen) atoms. The second kappa shape index (κ2) is 9.07. The van der Waals surface area contributed by atoms with Gasteiger partial charge in [-0.15, -0.1) is 0 Å². The van der Waals surface area contributed by atoms with Crippen LogP contribution in [0.4, 0.5) is 13.2 Å². The third-order valence-electron chi connectivity index (χ3n) is 3.84. The van der Waals surface area contributed by atoms with E-state index in [-0.39, 0.29) is 19.1 Å². The monoisotopic (exact) mass is 392 g/mol. The maximum absolute atomic E-state index is 12.8. The van der Waals surface area contributed by atoms with Crippen molar-refractivity contribution in [1.29, 1.82) is 0 Å². The highest BCUT2D eigenvalue weighted by molar-refractivity contribution is 5.94. The van der Waals surface area contributed by atoms with Crippen molar-refractivity contribution >= 4 is 11.8 Å². The first kappa shape index (κ1) is 21.0. The van der Waals surface area contributed by atoms with Gasteiger partial charge in [0.05, 0.1) is 5.56 Å². The van der Waals surface area contributed by atoms with Gasteiger partial charge in [0, 0.05) is 24.7 Å². The van der Waals surface area contributed by atoms with Crippen molar-refractivity contribution in [3.05, 3.63) is 77.4 Å². The molecule has 0 atom stereocenters. The van der Waals surface area contributed by atoms with Crippen LogP contribution < -0.4 is 15.4 Å². The van der Waals surface area contributed by atoms with Gasteiger partial charge >= 0.3 is 6.18 Å². The Labute approximate surface area is 160 Å². The molecule has 2 amide bonds. The number of rotatable bonds is 7. The molecule has 0 aliphatic heterocycles. The Morgan fingerprint density at radius 2 is 1.93 bits per heavy atom. The summed E-state index contributed by atoms with van der Waals surface area (Å²) in [6, 6.07) is 9.43. The highest BCUT2D eigenvalue weighted by atomic mass is 19.4. The second-order valence-electron chi connectivity index (χ2n) is 5.81. The molecule has 0 aliphatic rings. The Morgan fingerprint density at radius 3 is 2.57 bits per heavy atom. The van der Waals surface area contributed by atoms with E-state index in [2.05, 4.69) is 17.2 Å². The highest BCUT2D eigenvalue weighted by Crippen LogP contribution is 2.30. The first-order chi connectivity index (χ1) is 13.2. The summed E-state index contributed by atoms with van der Waals surface area (Å²) in [4.78, 5) is 23.2. The number of halogens is 3. The van der Waals surface area contributed by atoms with Gasteiger partial charge in [0.2, 0.25) is 5.91 Å². The minimum Gasteiger partial charge on any atom is -0.489 e. The lowest BCUT2D eigenvalue weighted by Gasteiger charge is -2.14. The summed E-state index contributed by atoms with van der Waals surface area (Å²) in [5.74, 6) is -0.385. The Morgan fingerprint density at radius 1 is 1.18 bits per heavy atom. The van der Waals surface area contributed by atoms with Gasteiger partial charge in [-0.05, 0) is 42.0 Å². The van der Waals surface area contributed by atoms with E-state index in [1.165, 1.54) is 31.3 Å². The van der Waals surface area contributed by atoms with Crippen molar-refractivity contribution in [3.8, 4) is 5.75 Å². The number of carbonyl (C=O) groups excluding carboxylic acids is 2. The van der Waals surface area contributed by atoms with Crippen molar-refractivity contribution in [1.82, 2.24) is 10.6 Å². The molecule has 8 heteroatoms. The molecule has 0 unspecified atom stereocenters. The molecule has 5 nitrogen and oxygen atoms in total. The minimum absolute atomic E-state index is 0.0631. The Balaban J connectivity index is 2.22. The molecule has 2 rings (SSSR count). The van der Waals surface area contributed by atoms with Gasteiger partial charge in [0.25, 0.3) is 5.91 Å². The fourth-order valence-electron chi connectivity index (χ4n) is 2.40. The fourth-order valence-corrected chi connectivity index (χ4v) is 2.40. The largest absolute Gasteiger partial charge is 0.489 e. The number of alkyl halides is 3. The summed E-state index contributed by atoms with van der Waals surface area (Å²) in [5, 5.41) is 5.08. The predicted octanol–water partition coefficient (Wildman–Crippen LogP) is 3.45. The molecule has 0 fully saturated rings. The summed E-state index contributed by atoms with van der Waals surface area (Å²) in [6.07, 6.45) is -3.34. The molecule has 0 radical (unpaired) electrons. The first-order valence-electron chi connectivity index (χ1n) is 8.28. The van der Waals surface area contributed by atoms with Crippen LogP contribution in [-0.2, 0) is 24.1 Å². The molecular weight excluding hydrogens is 373 g/mol. The predicted molar refractivity (Wildman–Crippen MR) is 97.7 cm³/mol.